The molecule has 0 unspecified atom stereocenters. The van der Waals surface area contributed by atoms with E-state index in [2.05, 4.69) is 10.3 Å². The lowest BCUT2D eigenvalue weighted by Crippen LogP contribution is -2.39. The number of aryl methyl sites for hydroxylation is 1. The van der Waals surface area contributed by atoms with Crippen molar-refractivity contribution in [3.05, 3.63) is 42.4 Å². The molecule has 0 aliphatic heterocycles. The summed E-state index contributed by atoms with van der Waals surface area (Å²) >= 11 is 0. The number of carbonyl (C=O) groups is 1. The normalized spacial score (nSPS) is 11.3. The second-order valence-electron chi connectivity index (χ2n) is 5.90. The van der Waals surface area contributed by atoms with Crippen molar-refractivity contribution in [3.63, 3.8) is 0 Å². The molecule has 1 aromatic carbocycles. The first-order valence-corrected chi connectivity index (χ1v) is 10.1. The molecule has 0 aliphatic rings. The summed E-state index contributed by atoms with van der Waals surface area (Å²) in [5.74, 6) is 1.32. The number of methoxy groups -OCH3 is 1. The van der Waals surface area contributed by atoms with E-state index >= 15 is 0 Å². The highest BCUT2D eigenvalue weighted by Gasteiger charge is 2.16. The minimum absolute atomic E-state index is 0.0430. The van der Waals surface area contributed by atoms with Crippen LogP contribution in [-0.2, 0) is 27.7 Å². The Morgan fingerprint density at radius 1 is 1.26 bits per heavy atom. The van der Waals surface area contributed by atoms with Crippen LogP contribution in [0.25, 0.3) is 0 Å². The fraction of sp³-hybridized carbons (Fsp3) is 0.412. The van der Waals surface area contributed by atoms with Gasteiger partial charge in [-0.05, 0) is 25.0 Å². The first-order valence-electron chi connectivity index (χ1n) is 8.58. The Bertz CT molecular complexity index is 836. The molecular formula is C17H25N5O4S. The minimum atomic E-state index is -3.86. The van der Waals surface area contributed by atoms with Gasteiger partial charge in [0.2, 0.25) is 0 Å². The van der Waals surface area contributed by atoms with E-state index in [-0.39, 0.29) is 4.90 Å². The number of nitrogens with one attached hydrogen (secondary N) is 2. The second kappa shape index (κ2) is 9.93. The zero-order valence-electron chi connectivity index (χ0n) is 15.2. The van der Waals surface area contributed by atoms with Gasteiger partial charge in [0.15, 0.2) is 0 Å². The number of nitrogens with zero attached hydrogens (tertiary/aromatic N) is 2. The molecule has 9 nitrogen and oxygen atoms in total. The Labute approximate surface area is 159 Å². The van der Waals surface area contributed by atoms with Crippen molar-refractivity contribution in [3.8, 4) is 0 Å². The molecule has 1 heterocycles. The van der Waals surface area contributed by atoms with Crippen LogP contribution in [0.4, 0.5) is 10.6 Å². The van der Waals surface area contributed by atoms with Gasteiger partial charge in [-0.1, -0.05) is 18.2 Å². The molecule has 1 aromatic heterocycles. The summed E-state index contributed by atoms with van der Waals surface area (Å²) in [5, 5.41) is 2.55. The Hall–Kier alpha value is -2.59. The van der Waals surface area contributed by atoms with E-state index in [0.29, 0.717) is 38.4 Å². The molecule has 0 radical (unpaired) electrons. The molecule has 27 heavy (non-hydrogen) atoms. The standard InChI is InChI=1S/C17H25N5O4S/c1-26-12-9-16-20-15(18)13-22(16)11-6-5-10-19-17(23)21-27(24,25)14-7-3-2-4-8-14/h2-4,7-8,13H,5-6,9-12,18H2,1H3,(H2,19,21,23). The smallest absolute Gasteiger partial charge is 0.328 e. The van der Waals surface area contributed by atoms with E-state index in [1.165, 1.54) is 12.1 Å². The highest BCUT2D eigenvalue weighted by molar-refractivity contribution is 7.90. The van der Waals surface area contributed by atoms with Gasteiger partial charge in [-0.25, -0.2) is 22.9 Å². The number of sulfonamides is 1. The van der Waals surface area contributed by atoms with Crippen LogP contribution in [0.3, 0.4) is 0 Å². The summed E-state index contributed by atoms with van der Waals surface area (Å²) < 4.78 is 33.1. The molecule has 2 amide bonds. The van der Waals surface area contributed by atoms with E-state index in [0.717, 1.165) is 12.2 Å². The van der Waals surface area contributed by atoms with Crippen LogP contribution in [0.5, 0.6) is 0 Å². The topological polar surface area (TPSA) is 128 Å². The molecule has 148 valence electrons. The number of ether oxygens (including phenoxy) is 1. The van der Waals surface area contributed by atoms with Crippen LogP contribution in [-0.4, -0.2) is 44.3 Å². The summed E-state index contributed by atoms with van der Waals surface area (Å²) in [6, 6.07) is 6.99. The van der Waals surface area contributed by atoms with Crippen molar-refractivity contribution >= 4 is 21.9 Å². The Morgan fingerprint density at radius 2 is 2.00 bits per heavy atom. The van der Waals surface area contributed by atoms with Gasteiger partial charge in [-0.3, -0.25) is 0 Å². The molecule has 0 spiro atoms. The first kappa shape index (κ1) is 20.7. The van der Waals surface area contributed by atoms with Crippen molar-refractivity contribution < 1.29 is 17.9 Å². The number of benzene rings is 1. The fourth-order valence-electron chi connectivity index (χ4n) is 2.49. The maximum absolute atomic E-state index is 12.0. The Morgan fingerprint density at radius 3 is 2.70 bits per heavy atom. The highest BCUT2D eigenvalue weighted by atomic mass is 32.2. The third kappa shape index (κ3) is 6.57. The lowest BCUT2D eigenvalue weighted by atomic mass is 10.3. The lowest BCUT2D eigenvalue weighted by molar-refractivity contribution is 0.199. The third-order valence-electron chi connectivity index (χ3n) is 3.80. The largest absolute Gasteiger partial charge is 0.384 e. The highest BCUT2D eigenvalue weighted by Crippen LogP contribution is 2.08. The second-order valence-corrected chi connectivity index (χ2v) is 7.58. The summed E-state index contributed by atoms with van der Waals surface area (Å²) in [6.45, 7) is 1.62. The van der Waals surface area contributed by atoms with Crippen LogP contribution in [0, 0.1) is 0 Å². The molecule has 4 N–H and O–H groups in total. The van der Waals surface area contributed by atoms with E-state index in [1.807, 2.05) is 9.29 Å². The predicted molar refractivity (Wildman–Crippen MR) is 102 cm³/mol. The van der Waals surface area contributed by atoms with Crippen molar-refractivity contribution in [2.45, 2.75) is 30.7 Å². The molecule has 0 saturated carbocycles. The van der Waals surface area contributed by atoms with Gasteiger partial charge in [-0.15, -0.1) is 0 Å². The Kier molecular flexibility index (Phi) is 7.62. The zero-order valence-corrected chi connectivity index (χ0v) is 16.0. The molecule has 0 aliphatic carbocycles. The number of urea groups is 1. The van der Waals surface area contributed by atoms with Crippen LogP contribution >= 0.6 is 0 Å². The number of hydrogen-bond donors (Lipinski definition) is 3. The average Bonchev–Trinajstić information content (AvgIpc) is 2.99. The summed E-state index contributed by atoms with van der Waals surface area (Å²) in [6.07, 6.45) is 3.91. The van der Waals surface area contributed by atoms with Crippen LogP contribution in [0.2, 0.25) is 0 Å². The molecular weight excluding hydrogens is 370 g/mol. The maximum atomic E-state index is 12.0. The lowest BCUT2D eigenvalue weighted by Gasteiger charge is -2.09. The van der Waals surface area contributed by atoms with E-state index < -0.39 is 16.1 Å². The number of hydrogen-bond acceptors (Lipinski definition) is 6. The van der Waals surface area contributed by atoms with Gasteiger partial charge >= 0.3 is 6.03 Å². The van der Waals surface area contributed by atoms with Crippen LogP contribution in [0.1, 0.15) is 18.7 Å². The van der Waals surface area contributed by atoms with Gasteiger partial charge < -0.3 is 20.4 Å². The monoisotopic (exact) mass is 395 g/mol. The predicted octanol–water partition coefficient (Wildman–Crippen LogP) is 1.12. The number of anilines is 1. The summed E-state index contributed by atoms with van der Waals surface area (Å²) in [4.78, 5) is 16.1. The number of unbranched alkanes of at least 4 members (excludes halogenated alkanes) is 1. The van der Waals surface area contributed by atoms with Gasteiger partial charge in [0.1, 0.15) is 11.6 Å². The van der Waals surface area contributed by atoms with Crippen molar-refractivity contribution in [2.75, 3.05) is 26.0 Å². The molecule has 0 fully saturated rings. The molecule has 10 heteroatoms. The number of nitrogen functional groups attached to an aromatic ring is 1. The van der Waals surface area contributed by atoms with E-state index in [4.69, 9.17) is 10.5 Å². The third-order valence-corrected chi connectivity index (χ3v) is 5.15. The van der Waals surface area contributed by atoms with Crippen LogP contribution in [0.15, 0.2) is 41.4 Å². The minimum Gasteiger partial charge on any atom is -0.384 e. The maximum Gasteiger partial charge on any atom is 0.328 e. The number of aromatic nitrogens is 2. The molecule has 0 atom stereocenters. The molecule has 2 aromatic rings. The zero-order chi connectivity index (χ0) is 19.7. The summed E-state index contributed by atoms with van der Waals surface area (Å²) in [7, 11) is -2.23. The Balaban J connectivity index is 1.72. The fourth-order valence-corrected chi connectivity index (χ4v) is 3.44. The van der Waals surface area contributed by atoms with E-state index in [9.17, 15) is 13.2 Å². The van der Waals surface area contributed by atoms with Crippen molar-refractivity contribution in [2.24, 2.45) is 0 Å². The molecule has 0 saturated heterocycles. The molecule has 0 bridgehead atoms. The van der Waals surface area contributed by atoms with Crippen LogP contribution < -0.4 is 15.8 Å². The molecule has 2 rings (SSSR count). The van der Waals surface area contributed by atoms with Crippen molar-refractivity contribution in [1.29, 1.82) is 0 Å². The van der Waals surface area contributed by atoms with E-state index in [1.54, 1.807) is 31.5 Å². The van der Waals surface area contributed by atoms with Gasteiger partial charge in [0.05, 0.1) is 11.5 Å². The van der Waals surface area contributed by atoms with Gasteiger partial charge in [0.25, 0.3) is 10.0 Å². The summed E-state index contributed by atoms with van der Waals surface area (Å²) in [5.41, 5.74) is 5.73. The number of amides is 2. The average molecular weight is 395 g/mol. The van der Waals surface area contributed by atoms with Gasteiger partial charge in [-0.2, -0.15) is 0 Å². The number of imidazole rings is 1. The first-order chi connectivity index (χ1) is 12.9. The number of carbonyl (C=O) groups excluding carboxylic acids is 1. The SMILES string of the molecule is COCCc1nc(N)cn1CCCCNC(=O)NS(=O)(=O)c1ccccc1. The number of rotatable bonds is 10. The quantitative estimate of drug-likeness (QED) is 0.517. The number of nitrogens with two attached hydrogens (primary N) is 1. The van der Waals surface area contributed by atoms with Gasteiger partial charge in [0, 0.05) is 32.8 Å². The van der Waals surface area contributed by atoms with Crippen molar-refractivity contribution in [1.82, 2.24) is 19.6 Å².